The normalized spacial score (nSPS) is 10.7. The molecule has 0 aliphatic rings. The van der Waals surface area contributed by atoms with Gasteiger partial charge in [-0.2, -0.15) is 0 Å². The molecule has 0 fully saturated rings. The summed E-state index contributed by atoms with van der Waals surface area (Å²) in [6.45, 7) is 7.18. The lowest BCUT2D eigenvalue weighted by molar-refractivity contribution is -0.137. The fourth-order valence-corrected chi connectivity index (χ4v) is 5.35. The van der Waals surface area contributed by atoms with Crippen molar-refractivity contribution in [1.29, 1.82) is 0 Å². The van der Waals surface area contributed by atoms with Crippen LogP contribution >= 0.6 is 0 Å². The number of ether oxygens (including phenoxy) is 4. The maximum Gasteiger partial charge on any atom is 0.303 e. The highest BCUT2D eigenvalue weighted by atomic mass is 16.5. The van der Waals surface area contributed by atoms with E-state index in [1.807, 2.05) is 14.1 Å². The molecule has 0 saturated heterocycles. The van der Waals surface area contributed by atoms with Crippen molar-refractivity contribution in [3.8, 4) is 0 Å². The van der Waals surface area contributed by atoms with Crippen LogP contribution in [0.5, 0.6) is 0 Å². The molecular weight excluding hydrogens is 807 g/mol. The second kappa shape index (κ2) is 59.7. The third-order valence-electron chi connectivity index (χ3n) is 8.84. The first-order valence-corrected chi connectivity index (χ1v) is 22.6. The Balaban J connectivity index is -0.000000541. The number of carbonyl (C=O) groups is 7. The van der Waals surface area contributed by atoms with E-state index in [1.165, 1.54) is 57.8 Å². The number of nitrogens with two attached hydrogens (primary N) is 1. The van der Waals surface area contributed by atoms with Gasteiger partial charge in [-0.25, -0.2) is 0 Å². The second-order valence-electron chi connectivity index (χ2n) is 14.4. The van der Waals surface area contributed by atoms with Crippen molar-refractivity contribution in [2.75, 3.05) is 93.1 Å². The van der Waals surface area contributed by atoms with Gasteiger partial charge >= 0.3 is 5.97 Å². The highest BCUT2D eigenvalue weighted by Gasteiger charge is 2.06. The van der Waals surface area contributed by atoms with Gasteiger partial charge in [0.05, 0.1) is 45.7 Å². The molecule has 0 aromatic rings. The maximum atomic E-state index is 11.9. The van der Waals surface area contributed by atoms with Crippen molar-refractivity contribution >= 4 is 42.6 Å². The minimum Gasteiger partial charge on any atom is -0.483 e. The standard InChI is InChI=1S/C28H52N2O7.C8H18N2O.C7H15NO3.CH2O2/c31-21-23-37-25-24-36-22-20-30-27(33)17-15-19-29-26(32)16-13-11-9-7-5-3-1-2-4-6-8-10-12-14-18-28(34)35;1-7(11)8(9)5-3-4-6-10-2;1-8-2-4-10-6-7-11-5-3-9;2-1-3/h21H,1-20,22-25H2,(H,29,32)(H,30,33)(H,34,35);8,10H,3-6,9H2,1-2H3;3,8H,2,4-7H2,1H3;1H,(H,2,3). The Labute approximate surface area is 372 Å². The molecule has 1 atom stereocenters. The summed E-state index contributed by atoms with van der Waals surface area (Å²) in [6, 6.07) is -0.244. The fourth-order valence-electron chi connectivity index (χ4n) is 5.35. The molecule has 0 aromatic heterocycles. The molecule has 0 saturated carbocycles. The van der Waals surface area contributed by atoms with Crippen molar-refractivity contribution in [2.45, 2.75) is 148 Å². The van der Waals surface area contributed by atoms with E-state index in [2.05, 4.69) is 21.3 Å². The summed E-state index contributed by atoms with van der Waals surface area (Å²) in [5.41, 5.74) is 5.53. The fraction of sp³-hybridized carbons (Fsp3) is 0.841. The lowest BCUT2D eigenvalue weighted by Crippen LogP contribution is -2.29. The summed E-state index contributed by atoms with van der Waals surface area (Å²) in [5.74, 6) is -0.588. The molecule has 0 heterocycles. The van der Waals surface area contributed by atoms with Gasteiger partial charge in [-0.05, 0) is 59.7 Å². The predicted octanol–water partition coefficient (Wildman–Crippen LogP) is 3.99. The third kappa shape index (κ3) is 68.3. The van der Waals surface area contributed by atoms with E-state index in [0.717, 1.165) is 70.7 Å². The summed E-state index contributed by atoms with van der Waals surface area (Å²) < 4.78 is 20.2. The van der Waals surface area contributed by atoms with E-state index < -0.39 is 5.97 Å². The van der Waals surface area contributed by atoms with E-state index in [-0.39, 0.29) is 43.3 Å². The zero-order valence-corrected chi connectivity index (χ0v) is 38.6. The molecule has 2 amide bonds. The van der Waals surface area contributed by atoms with Crippen LogP contribution in [0.2, 0.25) is 0 Å². The summed E-state index contributed by atoms with van der Waals surface area (Å²) in [4.78, 5) is 73.0. The van der Waals surface area contributed by atoms with Crippen LogP contribution in [0, 0.1) is 0 Å². The van der Waals surface area contributed by atoms with Crippen LogP contribution in [0.15, 0.2) is 0 Å². The summed E-state index contributed by atoms with van der Waals surface area (Å²) in [5, 5.41) is 27.1. The average Bonchev–Trinajstić information content (AvgIpc) is 3.25. The molecule has 0 spiro atoms. The molecule has 366 valence electrons. The minimum absolute atomic E-state index is 0.0555. The van der Waals surface area contributed by atoms with Crippen molar-refractivity contribution in [2.24, 2.45) is 5.73 Å². The Morgan fingerprint density at radius 3 is 1.32 bits per heavy atom. The highest BCUT2D eigenvalue weighted by molar-refractivity contribution is 5.81. The number of nitrogens with one attached hydrogen (secondary N) is 4. The van der Waals surface area contributed by atoms with Gasteiger partial charge in [0, 0.05) is 38.9 Å². The van der Waals surface area contributed by atoms with Crippen LogP contribution in [0.4, 0.5) is 0 Å². The number of unbranched alkanes of at least 4 members (excludes halogenated alkanes) is 14. The molecule has 0 aromatic carbocycles. The Morgan fingerprint density at radius 1 is 0.516 bits per heavy atom. The molecule has 0 radical (unpaired) electrons. The van der Waals surface area contributed by atoms with Gasteiger partial charge in [-0.15, -0.1) is 0 Å². The number of aliphatic carboxylic acids is 1. The van der Waals surface area contributed by atoms with Crippen LogP contribution < -0.4 is 27.0 Å². The van der Waals surface area contributed by atoms with Crippen LogP contribution in [0.3, 0.4) is 0 Å². The van der Waals surface area contributed by atoms with Crippen molar-refractivity contribution in [1.82, 2.24) is 21.3 Å². The summed E-state index contributed by atoms with van der Waals surface area (Å²) in [7, 11) is 3.79. The molecule has 1 unspecified atom stereocenters. The highest BCUT2D eigenvalue weighted by Crippen LogP contribution is 2.14. The zero-order chi connectivity index (χ0) is 47.0. The maximum absolute atomic E-state index is 11.9. The number of carbonyl (C=O) groups excluding carboxylic acids is 5. The first-order valence-electron chi connectivity index (χ1n) is 22.6. The Kier molecular flexibility index (Phi) is 62.8. The number of hydrogen-bond acceptors (Lipinski definition) is 14. The van der Waals surface area contributed by atoms with E-state index in [9.17, 15) is 28.8 Å². The monoisotopic (exact) mass is 894 g/mol. The van der Waals surface area contributed by atoms with Crippen molar-refractivity contribution in [3.63, 3.8) is 0 Å². The van der Waals surface area contributed by atoms with Gasteiger partial charge < -0.3 is 65.8 Å². The van der Waals surface area contributed by atoms with Gasteiger partial charge in [0.1, 0.15) is 31.6 Å². The van der Waals surface area contributed by atoms with E-state index in [0.29, 0.717) is 84.7 Å². The first kappa shape index (κ1) is 65.2. The second-order valence-corrected chi connectivity index (χ2v) is 14.4. The molecule has 18 nitrogen and oxygen atoms in total. The Morgan fingerprint density at radius 2 is 0.903 bits per heavy atom. The number of rotatable bonds is 43. The number of likely N-dealkylation sites (N-methyl/N-ethyl adjacent to an activating group) is 1. The third-order valence-corrected chi connectivity index (χ3v) is 8.84. The average molecular weight is 894 g/mol. The molecule has 0 bridgehead atoms. The molecule has 62 heavy (non-hydrogen) atoms. The number of ketones is 1. The van der Waals surface area contributed by atoms with Gasteiger partial charge in [-0.3, -0.25) is 24.0 Å². The summed E-state index contributed by atoms with van der Waals surface area (Å²) in [6.07, 6.45) is 22.5. The van der Waals surface area contributed by atoms with Crippen LogP contribution in [0.1, 0.15) is 142 Å². The van der Waals surface area contributed by atoms with Gasteiger partial charge in [-0.1, -0.05) is 83.5 Å². The molecule has 0 aliphatic heterocycles. The Bertz CT molecular complexity index is 1010. The number of hydrogen-bond donors (Lipinski definition) is 7. The number of carboxylic acid groups (broad SMARTS) is 2. The van der Waals surface area contributed by atoms with Crippen LogP contribution in [-0.4, -0.2) is 152 Å². The molecule has 18 heteroatoms. The van der Waals surface area contributed by atoms with Gasteiger partial charge in [0.25, 0.3) is 6.47 Å². The first-order chi connectivity index (χ1) is 30.1. The SMILES string of the molecule is CNCCCCC(N)C(C)=O.CNCCOCCOCC=O.O=CCOCCOCCNC(=O)CCCNC(=O)CCCCCCCCCCCCCCCCC(=O)O.O=CO. The topological polar surface area (TPSA) is 271 Å². The number of amides is 2. The lowest BCUT2D eigenvalue weighted by atomic mass is 10.0. The number of carboxylic acids is 1. The van der Waals surface area contributed by atoms with E-state index >= 15 is 0 Å². The van der Waals surface area contributed by atoms with Gasteiger partial charge in [0.2, 0.25) is 11.8 Å². The molecule has 8 N–H and O–H groups in total. The van der Waals surface area contributed by atoms with Crippen molar-refractivity contribution in [3.05, 3.63) is 0 Å². The van der Waals surface area contributed by atoms with Crippen LogP contribution in [-0.2, 0) is 52.5 Å². The largest absolute Gasteiger partial charge is 0.483 e. The quantitative estimate of drug-likeness (QED) is 0.0337. The zero-order valence-electron chi connectivity index (χ0n) is 38.6. The van der Waals surface area contributed by atoms with Crippen molar-refractivity contribution < 1.29 is 62.7 Å². The van der Waals surface area contributed by atoms with Gasteiger partial charge in [0.15, 0.2) is 0 Å². The minimum atomic E-state index is -0.687. The lowest BCUT2D eigenvalue weighted by Gasteiger charge is -2.07. The van der Waals surface area contributed by atoms with Crippen LogP contribution in [0.25, 0.3) is 0 Å². The Hall–Kier alpha value is -3.39. The molecular formula is C44H87N5O13. The number of aldehydes is 2. The smallest absolute Gasteiger partial charge is 0.303 e. The summed E-state index contributed by atoms with van der Waals surface area (Å²) >= 11 is 0. The molecule has 0 rings (SSSR count). The van der Waals surface area contributed by atoms with E-state index in [1.54, 1.807) is 6.92 Å². The predicted molar refractivity (Wildman–Crippen MR) is 241 cm³/mol. The number of Topliss-reactive ketones (excluding diaryl/α,β-unsaturated/α-hetero) is 1. The molecule has 0 aliphatic carbocycles. The van der Waals surface area contributed by atoms with E-state index in [4.69, 9.17) is 39.7 Å².